The van der Waals surface area contributed by atoms with Crippen molar-refractivity contribution in [2.75, 3.05) is 0 Å². The zero-order valence-electron chi connectivity index (χ0n) is 11.1. The van der Waals surface area contributed by atoms with Crippen molar-refractivity contribution in [2.45, 2.75) is 45.9 Å². The van der Waals surface area contributed by atoms with Crippen molar-refractivity contribution in [3.05, 3.63) is 23.5 Å². The summed E-state index contributed by atoms with van der Waals surface area (Å²) in [5.41, 5.74) is 2.25. The molecule has 0 bridgehead atoms. The largest absolute Gasteiger partial charge is 0.437 e. The highest BCUT2D eigenvalue weighted by atomic mass is 16.6. The Balaban J connectivity index is 2.30. The predicted molar refractivity (Wildman–Crippen MR) is 65.8 cm³/mol. The number of aromatic nitrogens is 1. The van der Waals surface area contributed by atoms with Crippen LogP contribution in [-0.4, -0.2) is 27.6 Å². The van der Waals surface area contributed by atoms with Crippen LogP contribution in [0.1, 0.15) is 38.1 Å². The molecule has 1 saturated heterocycles. The van der Waals surface area contributed by atoms with Crippen molar-refractivity contribution in [1.82, 2.24) is 9.47 Å². The van der Waals surface area contributed by atoms with E-state index in [9.17, 15) is 4.79 Å². The molecule has 2 atom stereocenters. The van der Waals surface area contributed by atoms with Crippen LogP contribution in [0.4, 0.5) is 4.79 Å². The highest BCUT2D eigenvalue weighted by Crippen LogP contribution is 2.34. The summed E-state index contributed by atoms with van der Waals surface area (Å²) < 4.78 is 7.53. The number of carbonyl (C=O) groups is 1. The van der Waals surface area contributed by atoms with Gasteiger partial charge in [0.2, 0.25) is 0 Å². The third kappa shape index (κ3) is 1.92. The lowest BCUT2D eigenvalue weighted by molar-refractivity contribution is 0.126. The van der Waals surface area contributed by atoms with E-state index in [0.29, 0.717) is 0 Å². The second kappa shape index (κ2) is 4.09. The Bertz CT molecular complexity index is 437. The first-order chi connectivity index (χ1) is 7.91. The number of ether oxygens (including phenoxy) is 1. The van der Waals surface area contributed by atoms with E-state index >= 15 is 0 Å². The number of carbonyl (C=O) groups excluding carboxylic acids is 1. The van der Waals surface area contributed by atoms with E-state index in [1.165, 1.54) is 5.56 Å². The Kier molecular flexibility index (Phi) is 2.89. The molecule has 17 heavy (non-hydrogen) atoms. The fourth-order valence-electron chi connectivity index (χ4n) is 2.60. The normalized spacial score (nSPS) is 24.6. The van der Waals surface area contributed by atoms with E-state index in [-0.39, 0.29) is 24.3 Å². The number of nitrogens with zero attached hydrogens (tertiary/aromatic N) is 2. The van der Waals surface area contributed by atoms with Crippen LogP contribution in [0.15, 0.2) is 12.3 Å². The highest BCUT2D eigenvalue weighted by Gasteiger charge is 2.41. The molecule has 0 saturated carbocycles. The molecule has 0 aromatic carbocycles. The van der Waals surface area contributed by atoms with Gasteiger partial charge in [-0.1, -0.05) is 0 Å². The summed E-state index contributed by atoms with van der Waals surface area (Å²) in [5, 5.41) is 0. The third-order valence-electron chi connectivity index (χ3n) is 3.34. The van der Waals surface area contributed by atoms with Crippen molar-refractivity contribution in [1.29, 1.82) is 0 Å². The van der Waals surface area contributed by atoms with Crippen LogP contribution in [0.25, 0.3) is 0 Å². The van der Waals surface area contributed by atoms with Gasteiger partial charge in [-0.25, -0.2) is 4.79 Å². The smallest absolute Gasteiger partial charge is 0.411 e. The highest BCUT2D eigenvalue weighted by molar-refractivity contribution is 5.71. The summed E-state index contributed by atoms with van der Waals surface area (Å²) >= 11 is 0. The number of hydrogen-bond donors (Lipinski definition) is 0. The van der Waals surface area contributed by atoms with Gasteiger partial charge in [-0.3, -0.25) is 4.90 Å². The van der Waals surface area contributed by atoms with Crippen LogP contribution in [0.2, 0.25) is 0 Å². The molecule has 1 aromatic heterocycles. The molecule has 1 fully saturated rings. The second-order valence-electron chi connectivity index (χ2n) is 5.10. The van der Waals surface area contributed by atoms with Gasteiger partial charge in [0, 0.05) is 19.3 Å². The maximum atomic E-state index is 11.8. The van der Waals surface area contributed by atoms with Crippen LogP contribution in [0, 0.1) is 6.92 Å². The molecule has 0 unspecified atom stereocenters. The van der Waals surface area contributed by atoms with Gasteiger partial charge in [0.05, 0.1) is 11.7 Å². The molecule has 1 amide bonds. The number of hydrogen-bond acceptors (Lipinski definition) is 2. The molecule has 4 heteroatoms. The maximum Gasteiger partial charge on any atom is 0.411 e. The van der Waals surface area contributed by atoms with Crippen molar-refractivity contribution >= 4 is 6.09 Å². The first-order valence-corrected chi connectivity index (χ1v) is 6.03. The predicted octanol–water partition coefficient (Wildman–Crippen LogP) is 2.62. The lowest BCUT2D eigenvalue weighted by Crippen LogP contribution is -2.37. The van der Waals surface area contributed by atoms with Crippen LogP contribution < -0.4 is 0 Å². The van der Waals surface area contributed by atoms with E-state index in [4.69, 9.17) is 4.74 Å². The summed E-state index contributed by atoms with van der Waals surface area (Å²) in [7, 11) is 1.99. The summed E-state index contributed by atoms with van der Waals surface area (Å²) in [6.07, 6.45) is 1.67. The van der Waals surface area contributed by atoms with Crippen molar-refractivity contribution < 1.29 is 9.53 Å². The third-order valence-corrected chi connectivity index (χ3v) is 3.34. The van der Waals surface area contributed by atoms with Gasteiger partial charge in [0.1, 0.15) is 0 Å². The number of cyclic esters (lactones) is 1. The monoisotopic (exact) mass is 236 g/mol. The first kappa shape index (κ1) is 12.0. The molecule has 0 radical (unpaired) electrons. The Morgan fingerprint density at radius 3 is 2.47 bits per heavy atom. The Morgan fingerprint density at radius 1 is 1.41 bits per heavy atom. The number of aryl methyl sites for hydroxylation is 2. The minimum absolute atomic E-state index is 0.0792. The topological polar surface area (TPSA) is 34.5 Å². The molecule has 0 spiro atoms. The standard InChI is InChI=1S/C13H20N2O2/c1-8(2)15-10(4)12(17-13(15)16)11-6-9(3)7-14(11)5/h6-8,10,12H,1-5H3/t10-,12-/m0/s1. The molecule has 1 aliphatic rings. The van der Waals surface area contributed by atoms with Gasteiger partial charge in [0.15, 0.2) is 6.10 Å². The molecule has 2 rings (SSSR count). The minimum atomic E-state index is -0.212. The molecule has 1 aliphatic heterocycles. The molecular formula is C13H20N2O2. The maximum absolute atomic E-state index is 11.8. The molecule has 0 N–H and O–H groups in total. The zero-order valence-corrected chi connectivity index (χ0v) is 11.1. The molecule has 2 heterocycles. The van der Waals surface area contributed by atoms with Crippen molar-refractivity contribution in [2.24, 2.45) is 7.05 Å². The molecule has 1 aromatic rings. The van der Waals surface area contributed by atoms with Crippen LogP contribution >= 0.6 is 0 Å². The van der Waals surface area contributed by atoms with E-state index in [0.717, 1.165) is 5.69 Å². The molecule has 0 aliphatic carbocycles. The first-order valence-electron chi connectivity index (χ1n) is 6.03. The molecular weight excluding hydrogens is 216 g/mol. The SMILES string of the molecule is Cc1cc([C@H]2OC(=O)N(C(C)C)[C@H]2C)n(C)c1. The lowest BCUT2D eigenvalue weighted by Gasteiger charge is -2.24. The van der Waals surface area contributed by atoms with Gasteiger partial charge < -0.3 is 9.30 Å². The van der Waals surface area contributed by atoms with Crippen LogP contribution in [-0.2, 0) is 11.8 Å². The average molecular weight is 236 g/mol. The Morgan fingerprint density at radius 2 is 2.06 bits per heavy atom. The second-order valence-corrected chi connectivity index (χ2v) is 5.10. The fraction of sp³-hybridized carbons (Fsp3) is 0.615. The van der Waals surface area contributed by atoms with E-state index in [2.05, 4.69) is 6.07 Å². The summed E-state index contributed by atoms with van der Waals surface area (Å²) in [4.78, 5) is 13.6. The van der Waals surface area contributed by atoms with E-state index in [1.54, 1.807) is 4.90 Å². The van der Waals surface area contributed by atoms with Gasteiger partial charge in [0.25, 0.3) is 0 Å². The lowest BCUT2D eigenvalue weighted by atomic mass is 10.1. The fourth-order valence-corrected chi connectivity index (χ4v) is 2.60. The quantitative estimate of drug-likeness (QED) is 0.791. The Labute approximate surface area is 102 Å². The van der Waals surface area contributed by atoms with Crippen LogP contribution in [0.3, 0.4) is 0 Å². The van der Waals surface area contributed by atoms with Gasteiger partial charge in [-0.2, -0.15) is 0 Å². The number of rotatable bonds is 2. The van der Waals surface area contributed by atoms with Crippen LogP contribution in [0.5, 0.6) is 0 Å². The Hall–Kier alpha value is -1.45. The van der Waals surface area contributed by atoms with Crippen molar-refractivity contribution in [3.63, 3.8) is 0 Å². The van der Waals surface area contributed by atoms with Gasteiger partial charge in [-0.05, 0) is 39.3 Å². The van der Waals surface area contributed by atoms with E-state index in [1.807, 2.05) is 45.5 Å². The summed E-state index contributed by atoms with van der Waals surface area (Å²) in [6.45, 7) is 8.11. The zero-order chi connectivity index (χ0) is 12.7. The average Bonchev–Trinajstić information content (AvgIpc) is 2.67. The molecule has 94 valence electrons. The summed E-state index contributed by atoms with van der Waals surface area (Å²) in [6, 6.07) is 2.33. The van der Waals surface area contributed by atoms with Crippen molar-refractivity contribution in [3.8, 4) is 0 Å². The van der Waals surface area contributed by atoms with Gasteiger partial charge in [-0.15, -0.1) is 0 Å². The number of amides is 1. The van der Waals surface area contributed by atoms with Gasteiger partial charge >= 0.3 is 6.09 Å². The summed E-state index contributed by atoms with van der Waals surface area (Å²) in [5.74, 6) is 0. The molecule has 4 nitrogen and oxygen atoms in total. The minimum Gasteiger partial charge on any atom is -0.437 e. The van der Waals surface area contributed by atoms with E-state index < -0.39 is 0 Å².